The van der Waals surface area contributed by atoms with Crippen molar-refractivity contribution in [2.45, 2.75) is 12.8 Å². The molecule has 0 saturated heterocycles. The number of nitrogens with zero attached hydrogens (tertiary/aromatic N) is 2. The maximum absolute atomic E-state index is 13.1. The zero-order valence-electron chi connectivity index (χ0n) is 17.3. The number of amides is 1. The minimum atomic E-state index is -0.568. The van der Waals surface area contributed by atoms with Gasteiger partial charge in [-0.3, -0.25) is 14.7 Å². The van der Waals surface area contributed by atoms with Gasteiger partial charge in [-0.1, -0.05) is 54.6 Å². The van der Waals surface area contributed by atoms with Crippen LogP contribution in [-0.2, 0) is 4.79 Å². The van der Waals surface area contributed by atoms with E-state index in [0.29, 0.717) is 22.8 Å². The third-order valence-corrected chi connectivity index (χ3v) is 5.44. The van der Waals surface area contributed by atoms with Gasteiger partial charge in [0, 0.05) is 16.8 Å². The summed E-state index contributed by atoms with van der Waals surface area (Å²) in [5.74, 6) is 0.410. The van der Waals surface area contributed by atoms with Crippen molar-refractivity contribution in [2.24, 2.45) is 5.10 Å². The van der Waals surface area contributed by atoms with Crippen LogP contribution in [0.2, 0.25) is 0 Å². The molecule has 0 aliphatic carbocycles. The predicted octanol–water partition coefficient (Wildman–Crippen LogP) is 3.86. The van der Waals surface area contributed by atoms with Crippen LogP contribution in [0.4, 0.5) is 0 Å². The molecule has 2 N–H and O–H groups in total. The highest BCUT2D eigenvalue weighted by molar-refractivity contribution is 5.90. The largest absolute Gasteiger partial charge is 0.457 e. The second kappa shape index (κ2) is 8.03. The van der Waals surface area contributed by atoms with E-state index in [-0.39, 0.29) is 11.5 Å². The molecule has 7 heteroatoms. The number of aromatic amines is 1. The van der Waals surface area contributed by atoms with Gasteiger partial charge in [0.25, 0.3) is 11.5 Å². The smallest absolute Gasteiger partial charge is 0.280 e. The number of hydrazone groups is 1. The molecule has 0 bridgehead atoms. The monoisotopic (exact) mass is 424 g/mol. The number of nitrogens with one attached hydrogen (secondary N) is 2. The van der Waals surface area contributed by atoms with Crippen molar-refractivity contribution in [1.29, 1.82) is 0 Å². The summed E-state index contributed by atoms with van der Waals surface area (Å²) in [7, 11) is 0. The predicted molar refractivity (Wildman–Crippen MR) is 122 cm³/mol. The van der Waals surface area contributed by atoms with Crippen LogP contribution in [0.25, 0.3) is 5.69 Å². The summed E-state index contributed by atoms with van der Waals surface area (Å²) in [4.78, 5) is 25.9. The molecule has 4 aromatic rings. The molecule has 1 aromatic heterocycles. The van der Waals surface area contributed by atoms with Gasteiger partial charge in [-0.05, 0) is 31.2 Å². The quantitative estimate of drug-likeness (QED) is 0.385. The Kier molecular flexibility index (Phi) is 4.91. The summed E-state index contributed by atoms with van der Waals surface area (Å²) in [6, 6.07) is 24.2. The van der Waals surface area contributed by atoms with Crippen LogP contribution >= 0.6 is 0 Å². The lowest BCUT2D eigenvalue weighted by Crippen LogP contribution is -2.28. The SMILES string of the molecule is Cc1[nH]n(-c2ccccc2)c(=O)c1/C=N\NC(=O)C1c2ccccc2Oc2ccccc21. The van der Waals surface area contributed by atoms with Crippen molar-refractivity contribution in [3.63, 3.8) is 0 Å². The molecule has 0 atom stereocenters. The molecule has 3 aromatic carbocycles. The van der Waals surface area contributed by atoms with Gasteiger partial charge in [0.2, 0.25) is 0 Å². The highest BCUT2D eigenvalue weighted by Gasteiger charge is 2.32. The second-order valence-corrected chi connectivity index (χ2v) is 7.47. The minimum absolute atomic E-state index is 0.242. The van der Waals surface area contributed by atoms with E-state index < -0.39 is 5.92 Å². The van der Waals surface area contributed by atoms with Crippen molar-refractivity contribution in [1.82, 2.24) is 15.2 Å². The lowest BCUT2D eigenvalue weighted by atomic mass is 9.87. The number of aryl methyl sites for hydroxylation is 1. The van der Waals surface area contributed by atoms with Crippen LogP contribution in [0.3, 0.4) is 0 Å². The number of ether oxygens (including phenoxy) is 1. The zero-order valence-corrected chi connectivity index (χ0v) is 17.3. The molecule has 1 aliphatic rings. The van der Waals surface area contributed by atoms with E-state index in [1.807, 2.05) is 78.9 Å². The third kappa shape index (κ3) is 3.39. The molecule has 7 nitrogen and oxygen atoms in total. The lowest BCUT2D eigenvalue weighted by Gasteiger charge is -2.26. The molecule has 32 heavy (non-hydrogen) atoms. The molecule has 1 amide bonds. The van der Waals surface area contributed by atoms with E-state index in [2.05, 4.69) is 15.6 Å². The minimum Gasteiger partial charge on any atom is -0.457 e. The van der Waals surface area contributed by atoms with E-state index >= 15 is 0 Å². The zero-order chi connectivity index (χ0) is 22.1. The van der Waals surface area contributed by atoms with Crippen molar-refractivity contribution >= 4 is 12.1 Å². The summed E-state index contributed by atoms with van der Waals surface area (Å²) in [5.41, 5.74) is 5.64. The Morgan fingerprint density at radius 3 is 2.22 bits per heavy atom. The topological polar surface area (TPSA) is 88.5 Å². The highest BCUT2D eigenvalue weighted by Crippen LogP contribution is 2.43. The van der Waals surface area contributed by atoms with Crippen LogP contribution in [0.1, 0.15) is 28.3 Å². The first kappa shape index (κ1) is 19.6. The van der Waals surface area contributed by atoms with E-state index in [1.165, 1.54) is 10.9 Å². The number of benzene rings is 3. The number of rotatable bonds is 4. The maximum Gasteiger partial charge on any atom is 0.280 e. The van der Waals surface area contributed by atoms with Gasteiger partial charge in [-0.2, -0.15) is 5.10 Å². The van der Waals surface area contributed by atoms with E-state index in [4.69, 9.17) is 4.74 Å². The number of hydrogen-bond acceptors (Lipinski definition) is 4. The summed E-state index contributed by atoms with van der Waals surface area (Å²) >= 11 is 0. The molecule has 0 saturated carbocycles. The number of fused-ring (bicyclic) bond motifs is 2. The standard InChI is InChI=1S/C25H20N4O3/c1-16-20(25(31)29(28-16)17-9-3-2-4-10-17)15-26-27-24(30)23-18-11-5-7-13-21(18)32-22-14-8-6-12-19(22)23/h2-15,23,28H,1H3,(H,27,30)/b26-15-. The van der Waals surface area contributed by atoms with Gasteiger partial charge in [0.05, 0.1) is 23.4 Å². The average Bonchev–Trinajstić information content (AvgIpc) is 3.11. The van der Waals surface area contributed by atoms with Crippen molar-refractivity contribution in [3.05, 3.63) is 112 Å². The van der Waals surface area contributed by atoms with Gasteiger partial charge in [0.1, 0.15) is 11.5 Å². The highest BCUT2D eigenvalue weighted by atomic mass is 16.5. The third-order valence-electron chi connectivity index (χ3n) is 5.44. The Morgan fingerprint density at radius 1 is 0.969 bits per heavy atom. The van der Waals surface area contributed by atoms with Gasteiger partial charge >= 0.3 is 0 Å². The summed E-state index contributed by atoms with van der Waals surface area (Å²) < 4.78 is 7.39. The van der Waals surface area contributed by atoms with Crippen molar-refractivity contribution in [3.8, 4) is 17.2 Å². The fraction of sp³-hybridized carbons (Fsp3) is 0.0800. The molecule has 2 heterocycles. The van der Waals surface area contributed by atoms with Crippen LogP contribution in [-0.4, -0.2) is 21.9 Å². The Labute approximate surface area is 184 Å². The lowest BCUT2D eigenvalue weighted by molar-refractivity contribution is -0.121. The molecular formula is C25H20N4O3. The van der Waals surface area contributed by atoms with E-state index in [9.17, 15) is 9.59 Å². The van der Waals surface area contributed by atoms with Crippen LogP contribution in [0, 0.1) is 6.92 Å². The molecular weight excluding hydrogens is 404 g/mol. The number of carbonyl (C=O) groups is 1. The molecule has 0 fully saturated rings. The molecule has 0 unspecified atom stereocenters. The fourth-order valence-electron chi connectivity index (χ4n) is 3.89. The van der Waals surface area contributed by atoms with Crippen LogP contribution in [0.5, 0.6) is 11.5 Å². The number of para-hydroxylation sites is 3. The molecule has 0 spiro atoms. The molecule has 5 rings (SSSR count). The van der Waals surface area contributed by atoms with Crippen LogP contribution < -0.4 is 15.7 Å². The Balaban J connectivity index is 1.42. The Bertz CT molecular complexity index is 1340. The summed E-state index contributed by atoms with van der Waals surface area (Å²) in [5, 5.41) is 7.13. The number of hydrogen-bond donors (Lipinski definition) is 2. The first-order chi connectivity index (χ1) is 15.6. The van der Waals surface area contributed by atoms with Crippen LogP contribution in [0.15, 0.2) is 88.8 Å². The van der Waals surface area contributed by atoms with Crippen molar-refractivity contribution < 1.29 is 9.53 Å². The summed E-state index contributed by atoms with van der Waals surface area (Å²) in [6.07, 6.45) is 1.38. The first-order valence-corrected chi connectivity index (χ1v) is 10.2. The Hall–Kier alpha value is -4.39. The van der Waals surface area contributed by atoms with Gasteiger partial charge < -0.3 is 4.74 Å². The van der Waals surface area contributed by atoms with E-state index in [1.54, 1.807) is 6.92 Å². The van der Waals surface area contributed by atoms with E-state index in [0.717, 1.165) is 16.8 Å². The average molecular weight is 424 g/mol. The van der Waals surface area contributed by atoms with Gasteiger partial charge in [0.15, 0.2) is 0 Å². The summed E-state index contributed by atoms with van der Waals surface area (Å²) in [6.45, 7) is 1.79. The fourth-order valence-corrected chi connectivity index (χ4v) is 3.89. The molecule has 158 valence electrons. The number of H-pyrrole nitrogens is 1. The van der Waals surface area contributed by atoms with Gasteiger partial charge in [-0.15, -0.1) is 0 Å². The first-order valence-electron chi connectivity index (χ1n) is 10.2. The maximum atomic E-state index is 13.1. The second-order valence-electron chi connectivity index (χ2n) is 7.47. The number of carbonyl (C=O) groups excluding carboxylic acids is 1. The van der Waals surface area contributed by atoms with Crippen molar-refractivity contribution in [2.75, 3.05) is 0 Å². The molecule has 0 radical (unpaired) electrons. The molecule has 1 aliphatic heterocycles. The Morgan fingerprint density at radius 2 is 1.56 bits per heavy atom. The normalized spacial score (nSPS) is 12.8. The number of aromatic nitrogens is 2. The van der Waals surface area contributed by atoms with Gasteiger partial charge in [-0.25, -0.2) is 10.1 Å².